The normalized spacial score (nSPS) is 17.7. The number of ketones is 1. The van der Waals surface area contributed by atoms with Gasteiger partial charge in [0.05, 0.1) is 23.0 Å². The van der Waals surface area contributed by atoms with Gasteiger partial charge in [-0.05, 0) is 26.0 Å². The highest BCUT2D eigenvalue weighted by molar-refractivity contribution is 7.15. The van der Waals surface area contributed by atoms with Crippen LogP contribution in [0.1, 0.15) is 33.2 Å². The zero-order valence-electron chi connectivity index (χ0n) is 11.8. The van der Waals surface area contributed by atoms with Gasteiger partial charge < -0.3 is 10.1 Å². The van der Waals surface area contributed by atoms with Gasteiger partial charge in [-0.1, -0.05) is 0 Å². The average Bonchev–Trinajstić information content (AvgIpc) is 2.89. The van der Waals surface area contributed by atoms with Crippen LogP contribution in [0, 0.1) is 0 Å². The summed E-state index contributed by atoms with van der Waals surface area (Å²) >= 11 is 1.24. The standard InChI is InChI=1S/C14H20N2O3S/c1-10(9-16-5-7-19-8-6-16)15-14(18)13-4-3-12(20-13)11(2)17/h3-4,10H,5-9H2,1-2H3,(H,15,18). The van der Waals surface area contributed by atoms with Crippen LogP contribution in [0.15, 0.2) is 12.1 Å². The maximum Gasteiger partial charge on any atom is 0.261 e. The fraction of sp³-hybridized carbons (Fsp3) is 0.571. The first-order chi connectivity index (χ1) is 9.56. The first-order valence-electron chi connectivity index (χ1n) is 6.78. The van der Waals surface area contributed by atoms with Crippen molar-refractivity contribution < 1.29 is 14.3 Å². The van der Waals surface area contributed by atoms with Crippen molar-refractivity contribution >= 4 is 23.0 Å². The second-order valence-corrected chi connectivity index (χ2v) is 6.09. The lowest BCUT2D eigenvalue weighted by molar-refractivity contribution is 0.0342. The van der Waals surface area contributed by atoms with Crippen molar-refractivity contribution in [3.63, 3.8) is 0 Å². The maximum absolute atomic E-state index is 12.1. The minimum absolute atomic E-state index is 0.00425. The molecule has 1 aliphatic heterocycles. The number of nitrogens with zero attached hydrogens (tertiary/aromatic N) is 1. The molecule has 0 aliphatic carbocycles. The molecule has 1 aromatic heterocycles. The molecule has 2 heterocycles. The van der Waals surface area contributed by atoms with Gasteiger partial charge in [0.15, 0.2) is 5.78 Å². The molecule has 6 heteroatoms. The van der Waals surface area contributed by atoms with Gasteiger partial charge in [0.1, 0.15) is 0 Å². The molecule has 5 nitrogen and oxygen atoms in total. The van der Waals surface area contributed by atoms with Crippen LogP contribution in [-0.2, 0) is 4.74 Å². The predicted octanol–water partition coefficient (Wildman–Crippen LogP) is 1.40. The summed E-state index contributed by atoms with van der Waals surface area (Å²) < 4.78 is 5.30. The Hall–Kier alpha value is -1.24. The molecule has 1 atom stereocenters. The number of carbonyl (C=O) groups excluding carboxylic acids is 2. The highest BCUT2D eigenvalue weighted by atomic mass is 32.1. The molecule has 110 valence electrons. The number of Topliss-reactive ketones (excluding diaryl/α,β-unsaturated/α-hetero) is 1. The summed E-state index contributed by atoms with van der Waals surface area (Å²) in [4.78, 5) is 26.8. The molecule has 1 unspecified atom stereocenters. The molecule has 1 aromatic rings. The molecule has 1 saturated heterocycles. The first kappa shape index (κ1) is 15.2. The molecule has 1 N–H and O–H groups in total. The number of nitrogens with one attached hydrogen (secondary N) is 1. The Labute approximate surface area is 122 Å². The van der Waals surface area contributed by atoms with Crippen molar-refractivity contribution in [3.05, 3.63) is 21.9 Å². The second-order valence-electron chi connectivity index (χ2n) is 5.01. The lowest BCUT2D eigenvalue weighted by atomic mass is 10.2. The molecule has 2 rings (SSSR count). The third-order valence-corrected chi connectivity index (χ3v) is 4.37. The minimum Gasteiger partial charge on any atom is -0.379 e. The maximum atomic E-state index is 12.1. The fourth-order valence-electron chi connectivity index (χ4n) is 2.16. The van der Waals surface area contributed by atoms with Crippen LogP contribution >= 0.6 is 11.3 Å². The summed E-state index contributed by atoms with van der Waals surface area (Å²) in [7, 11) is 0. The van der Waals surface area contributed by atoms with E-state index in [1.54, 1.807) is 12.1 Å². The molecule has 1 aliphatic rings. The van der Waals surface area contributed by atoms with Crippen LogP contribution in [0.5, 0.6) is 0 Å². The van der Waals surface area contributed by atoms with E-state index in [4.69, 9.17) is 4.74 Å². The Morgan fingerprint density at radius 2 is 2.00 bits per heavy atom. The number of carbonyl (C=O) groups is 2. The Kier molecular flexibility index (Phi) is 5.28. The van der Waals surface area contributed by atoms with E-state index in [1.807, 2.05) is 6.92 Å². The summed E-state index contributed by atoms with van der Waals surface area (Å²) in [6.07, 6.45) is 0. The quantitative estimate of drug-likeness (QED) is 0.835. The highest BCUT2D eigenvalue weighted by Gasteiger charge is 2.17. The summed E-state index contributed by atoms with van der Waals surface area (Å²) in [6, 6.07) is 3.48. The van der Waals surface area contributed by atoms with Crippen molar-refractivity contribution in [1.29, 1.82) is 0 Å². The first-order valence-corrected chi connectivity index (χ1v) is 7.59. The monoisotopic (exact) mass is 296 g/mol. The van der Waals surface area contributed by atoms with E-state index in [0.29, 0.717) is 9.75 Å². The molecule has 0 bridgehead atoms. The van der Waals surface area contributed by atoms with E-state index in [2.05, 4.69) is 10.2 Å². The zero-order valence-corrected chi connectivity index (χ0v) is 12.7. The smallest absolute Gasteiger partial charge is 0.261 e. The van der Waals surface area contributed by atoms with Gasteiger partial charge in [-0.15, -0.1) is 11.3 Å². The number of rotatable bonds is 5. The molecule has 0 saturated carbocycles. The Morgan fingerprint density at radius 3 is 2.60 bits per heavy atom. The number of ether oxygens (including phenoxy) is 1. The van der Waals surface area contributed by atoms with Crippen LogP contribution in [0.2, 0.25) is 0 Å². The van der Waals surface area contributed by atoms with E-state index in [0.717, 1.165) is 32.8 Å². The third-order valence-electron chi connectivity index (χ3n) is 3.19. The summed E-state index contributed by atoms with van der Waals surface area (Å²) in [5.41, 5.74) is 0. The van der Waals surface area contributed by atoms with Crippen molar-refractivity contribution in [3.8, 4) is 0 Å². The Balaban J connectivity index is 1.84. The van der Waals surface area contributed by atoms with Gasteiger partial charge in [0, 0.05) is 25.7 Å². The molecule has 0 radical (unpaired) electrons. The van der Waals surface area contributed by atoms with Gasteiger partial charge in [0.25, 0.3) is 5.91 Å². The van der Waals surface area contributed by atoms with Crippen molar-refractivity contribution in [1.82, 2.24) is 10.2 Å². The second kappa shape index (κ2) is 6.97. The van der Waals surface area contributed by atoms with E-state index >= 15 is 0 Å². The fourth-order valence-corrected chi connectivity index (χ4v) is 2.97. The molecule has 1 fully saturated rings. The Morgan fingerprint density at radius 1 is 1.35 bits per heavy atom. The van der Waals surface area contributed by atoms with Gasteiger partial charge in [-0.25, -0.2) is 0 Å². The van der Waals surface area contributed by atoms with Crippen LogP contribution in [0.25, 0.3) is 0 Å². The molecule has 0 spiro atoms. The lowest BCUT2D eigenvalue weighted by Crippen LogP contribution is -2.45. The Bertz CT molecular complexity index is 481. The summed E-state index contributed by atoms with van der Waals surface area (Å²) in [5.74, 6) is -0.112. The molecule has 0 aromatic carbocycles. The van der Waals surface area contributed by atoms with E-state index in [1.165, 1.54) is 18.3 Å². The van der Waals surface area contributed by atoms with Crippen LogP contribution in [0.4, 0.5) is 0 Å². The van der Waals surface area contributed by atoms with Crippen molar-refractivity contribution in [2.24, 2.45) is 0 Å². The molecular formula is C14H20N2O3S. The molecular weight excluding hydrogens is 276 g/mol. The summed E-state index contributed by atoms with van der Waals surface area (Å²) in [5, 5.41) is 2.97. The largest absolute Gasteiger partial charge is 0.379 e. The average molecular weight is 296 g/mol. The minimum atomic E-state index is -0.108. The van der Waals surface area contributed by atoms with Gasteiger partial charge in [-0.3, -0.25) is 14.5 Å². The van der Waals surface area contributed by atoms with E-state index < -0.39 is 0 Å². The number of hydrogen-bond acceptors (Lipinski definition) is 5. The van der Waals surface area contributed by atoms with E-state index in [-0.39, 0.29) is 17.7 Å². The number of morpholine rings is 1. The predicted molar refractivity (Wildman–Crippen MR) is 78.5 cm³/mol. The SMILES string of the molecule is CC(=O)c1ccc(C(=O)NC(C)CN2CCOCC2)s1. The number of thiophene rings is 1. The molecule has 20 heavy (non-hydrogen) atoms. The highest BCUT2D eigenvalue weighted by Crippen LogP contribution is 2.17. The number of hydrogen-bond donors (Lipinski definition) is 1. The third kappa shape index (κ3) is 4.13. The van der Waals surface area contributed by atoms with Crippen LogP contribution in [0.3, 0.4) is 0 Å². The lowest BCUT2D eigenvalue weighted by Gasteiger charge is -2.29. The van der Waals surface area contributed by atoms with Crippen LogP contribution in [-0.4, -0.2) is 55.5 Å². The zero-order chi connectivity index (χ0) is 14.5. The van der Waals surface area contributed by atoms with Gasteiger partial charge in [0.2, 0.25) is 0 Å². The van der Waals surface area contributed by atoms with E-state index in [9.17, 15) is 9.59 Å². The van der Waals surface area contributed by atoms with Crippen molar-refractivity contribution in [2.45, 2.75) is 19.9 Å². The topological polar surface area (TPSA) is 58.6 Å². The van der Waals surface area contributed by atoms with Crippen LogP contribution < -0.4 is 5.32 Å². The van der Waals surface area contributed by atoms with Gasteiger partial charge >= 0.3 is 0 Å². The summed E-state index contributed by atoms with van der Waals surface area (Å²) in [6.45, 7) is 7.66. The van der Waals surface area contributed by atoms with Crippen molar-refractivity contribution in [2.75, 3.05) is 32.8 Å². The number of amides is 1. The molecule has 1 amide bonds. The van der Waals surface area contributed by atoms with Gasteiger partial charge in [-0.2, -0.15) is 0 Å².